The molecule has 0 bridgehead atoms. The van der Waals surface area contributed by atoms with E-state index in [9.17, 15) is 9.18 Å². The number of rotatable bonds is 5. The number of benzene rings is 2. The van der Waals surface area contributed by atoms with Crippen LogP contribution >= 0.6 is 0 Å². The van der Waals surface area contributed by atoms with Gasteiger partial charge in [-0.1, -0.05) is 29.8 Å². The van der Waals surface area contributed by atoms with Crippen LogP contribution in [-0.4, -0.2) is 20.7 Å². The lowest BCUT2D eigenvalue weighted by Gasteiger charge is -2.07. The van der Waals surface area contributed by atoms with Crippen LogP contribution in [0.2, 0.25) is 0 Å². The average Bonchev–Trinajstić information content (AvgIpc) is 3.37. The fourth-order valence-corrected chi connectivity index (χ4v) is 2.68. The Bertz CT molecular complexity index is 1080. The van der Waals surface area contributed by atoms with Gasteiger partial charge in [0.25, 0.3) is 5.91 Å². The third-order valence-electron chi connectivity index (χ3n) is 4.20. The van der Waals surface area contributed by atoms with Crippen molar-refractivity contribution in [1.29, 1.82) is 0 Å². The number of nitrogens with zero attached hydrogens (tertiary/aromatic N) is 3. The van der Waals surface area contributed by atoms with Gasteiger partial charge in [-0.15, -0.1) is 5.10 Å². The van der Waals surface area contributed by atoms with Crippen LogP contribution in [0.1, 0.15) is 21.5 Å². The maximum absolute atomic E-state index is 13.1. The highest BCUT2D eigenvalue weighted by molar-refractivity contribution is 5.97. The minimum Gasteiger partial charge on any atom is -0.461 e. The first-order chi connectivity index (χ1) is 13.6. The number of halogens is 1. The van der Waals surface area contributed by atoms with Crippen molar-refractivity contribution in [2.75, 3.05) is 5.32 Å². The fourth-order valence-electron chi connectivity index (χ4n) is 2.68. The zero-order chi connectivity index (χ0) is 19.5. The Kier molecular flexibility index (Phi) is 4.72. The largest absolute Gasteiger partial charge is 0.461 e. The molecule has 28 heavy (non-hydrogen) atoms. The van der Waals surface area contributed by atoms with Crippen LogP contribution in [0, 0.1) is 12.7 Å². The predicted octanol–water partition coefficient (Wildman–Crippen LogP) is 4.29. The van der Waals surface area contributed by atoms with Crippen molar-refractivity contribution in [2.45, 2.75) is 13.5 Å². The second-order valence-electron chi connectivity index (χ2n) is 6.30. The number of carbonyl (C=O) groups is 1. The highest BCUT2D eigenvalue weighted by atomic mass is 19.1. The van der Waals surface area contributed by atoms with Crippen LogP contribution in [-0.2, 0) is 6.54 Å². The van der Waals surface area contributed by atoms with Crippen LogP contribution < -0.4 is 5.32 Å². The van der Waals surface area contributed by atoms with Gasteiger partial charge in [-0.3, -0.25) is 4.79 Å². The van der Waals surface area contributed by atoms with E-state index in [0.717, 1.165) is 11.1 Å². The topological polar surface area (TPSA) is 73.0 Å². The Morgan fingerprint density at radius 2 is 1.86 bits per heavy atom. The molecule has 0 unspecified atom stereocenters. The molecule has 0 amide bonds. The van der Waals surface area contributed by atoms with Gasteiger partial charge in [0.1, 0.15) is 5.82 Å². The molecule has 2 aromatic carbocycles. The van der Waals surface area contributed by atoms with Gasteiger partial charge in [0.2, 0.25) is 11.8 Å². The van der Waals surface area contributed by atoms with Gasteiger partial charge in [-0.2, -0.15) is 9.67 Å². The first-order valence-electron chi connectivity index (χ1n) is 8.71. The first-order valence-corrected chi connectivity index (χ1v) is 8.71. The molecule has 6 nitrogen and oxygen atoms in total. The van der Waals surface area contributed by atoms with Crippen LogP contribution in [0.3, 0.4) is 0 Å². The summed E-state index contributed by atoms with van der Waals surface area (Å²) in [6.45, 7) is 2.31. The number of aromatic nitrogens is 3. The highest BCUT2D eigenvalue weighted by Crippen LogP contribution is 2.20. The van der Waals surface area contributed by atoms with Crippen molar-refractivity contribution in [2.24, 2.45) is 0 Å². The summed E-state index contributed by atoms with van der Waals surface area (Å²) >= 11 is 0. The Morgan fingerprint density at radius 1 is 1.11 bits per heavy atom. The molecule has 0 saturated carbocycles. The molecular formula is C21H17FN4O2. The van der Waals surface area contributed by atoms with Crippen molar-refractivity contribution in [1.82, 2.24) is 14.8 Å². The van der Waals surface area contributed by atoms with Gasteiger partial charge in [0.15, 0.2) is 5.76 Å². The smallest absolute Gasteiger partial charge is 0.281 e. The van der Waals surface area contributed by atoms with Crippen LogP contribution in [0.5, 0.6) is 0 Å². The summed E-state index contributed by atoms with van der Waals surface area (Å²) in [5.41, 5.74) is 2.39. The molecule has 4 aromatic rings. The van der Waals surface area contributed by atoms with Gasteiger partial charge in [0.05, 0.1) is 6.26 Å². The maximum atomic E-state index is 13.1. The zero-order valence-electron chi connectivity index (χ0n) is 15.1. The molecule has 0 aliphatic rings. The van der Waals surface area contributed by atoms with E-state index in [-0.39, 0.29) is 17.7 Å². The van der Waals surface area contributed by atoms with Crippen molar-refractivity contribution in [3.63, 3.8) is 0 Å². The molecule has 140 valence electrons. The summed E-state index contributed by atoms with van der Waals surface area (Å²) in [7, 11) is 0. The van der Waals surface area contributed by atoms with Gasteiger partial charge < -0.3 is 9.73 Å². The van der Waals surface area contributed by atoms with Crippen molar-refractivity contribution in [3.8, 4) is 11.6 Å². The van der Waals surface area contributed by atoms with E-state index >= 15 is 0 Å². The summed E-state index contributed by atoms with van der Waals surface area (Å²) in [6.07, 6.45) is 1.52. The SMILES string of the molecule is Cc1ccc(C(=O)n2nc(-c3ccco3)nc2NCc2ccc(F)cc2)cc1. The molecule has 2 heterocycles. The second-order valence-corrected chi connectivity index (χ2v) is 6.30. The average molecular weight is 376 g/mol. The summed E-state index contributed by atoms with van der Waals surface area (Å²) in [5, 5.41) is 7.42. The van der Waals surface area contributed by atoms with E-state index in [1.807, 2.05) is 19.1 Å². The van der Waals surface area contributed by atoms with E-state index in [2.05, 4.69) is 15.4 Å². The molecule has 4 rings (SSSR count). The lowest BCUT2D eigenvalue weighted by molar-refractivity contribution is 0.0947. The molecule has 0 aliphatic carbocycles. The molecule has 1 N–H and O–H groups in total. The number of anilines is 1. The quantitative estimate of drug-likeness (QED) is 0.563. The van der Waals surface area contributed by atoms with Crippen molar-refractivity contribution < 1.29 is 13.6 Å². The van der Waals surface area contributed by atoms with Gasteiger partial charge in [-0.05, 0) is 48.9 Å². The molecule has 0 fully saturated rings. The standard InChI is InChI=1S/C21H17FN4O2/c1-14-4-8-16(9-5-14)20(27)26-21(23-13-15-6-10-17(22)11-7-15)24-19(25-26)18-3-2-12-28-18/h2-12H,13H2,1H3,(H,23,24,25). The fraction of sp³-hybridized carbons (Fsp3) is 0.0952. The summed E-state index contributed by atoms with van der Waals surface area (Å²) in [5.74, 6) is 0.419. The minimum atomic E-state index is -0.313. The van der Waals surface area contributed by atoms with Gasteiger partial charge >= 0.3 is 0 Å². The van der Waals surface area contributed by atoms with Gasteiger partial charge in [0, 0.05) is 12.1 Å². The summed E-state index contributed by atoms with van der Waals surface area (Å²) in [6, 6.07) is 16.8. The molecule has 7 heteroatoms. The van der Waals surface area contributed by atoms with Crippen molar-refractivity contribution in [3.05, 3.63) is 89.4 Å². The molecular weight excluding hydrogens is 359 g/mol. The van der Waals surface area contributed by atoms with Crippen LogP contribution in [0.25, 0.3) is 11.6 Å². The second kappa shape index (κ2) is 7.48. The summed E-state index contributed by atoms with van der Waals surface area (Å²) in [4.78, 5) is 17.4. The maximum Gasteiger partial charge on any atom is 0.281 e. The van der Waals surface area contributed by atoms with Crippen molar-refractivity contribution >= 4 is 11.9 Å². The Labute approximate surface area is 160 Å². The van der Waals surface area contributed by atoms with Crippen LogP contribution in [0.15, 0.2) is 71.3 Å². The minimum absolute atomic E-state index is 0.279. The van der Waals surface area contributed by atoms with E-state index in [4.69, 9.17) is 4.42 Å². The number of carbonyl (C=O) groups excluding carboxylic acids is 1. The third kappa shape index (κ3) is 3.68. The molecule has 0 radical (unpaired) electrons. The lowest BCUT2D eigenvalue weighted by atomic mass is 10.1. The number of aryl methyl sites for hydroxylation is 1. The number of hydrogen-bond acceptors (Lipinski definition) is 5. The molecule has 2 aromatic heterocycles. The normalized spacial score (nSPS) is 10.8. The van der Waals surface area contributed by atoms with Gasteiger partial charge in [-0.25, -0.2) is 4.39 Å². The van der Waals surface area contributed by atoms with E-state index in [1.165, 1.54) is 23.1 Å². The highest BCUT2D eigenvalue weighted by Gasteiger charge is 2.19. The Morgan fingerprint density at radius 3 is 2.54 bits per heavy atom. The molecule has 0 saturated heterocycles. The number of hydrogen-bond donors (Lipinski definition) is 1. The summed E-state index contributed by atoms with van der Waals surface area (Å²) < 4.78 is 19.7. The monoisotopic (exact) mass is 376 g/mol. The molecule has 0 atom stereocenters. The Balaban J connectivity index is 1.66. The van der Waals surface area contributed by atoms with E-state index in [0.29, 0.717) is 23.7 Å². The third-order valence-corrected chi connectivity index (χ3v) is 4.20. The number of nitrogens with one attached hydrogen (secondary N) is 1. The van der Waals surface area contributed by atoms with E-state index < -0.39 is 0 Å². The first kappa shape index (κ1) is 17.7. The lowest BCUT2D eigenvalue weighted by Crippen LogP contribution is -2.17. The number of furan rings is 1. The molecule has 0 spiro atoms. The van der Waals surface area contributed by atoms with Crippen LogP contribution in [0.4, 0.5) is 10.3 Å². The predicted molar refractivity (Wildman–Crippen MR) is 102 cm³/mol. The molecule has 0 aliphatic heterocycles. The van der Waals surface area contributed by atoms with E-state index in [1.54, 1.807) is 36.4 Å². The zero-order valence-corrected chi connectivity index (χ0v) is 15.1. The Hall–Kier alpha value is -3.74.